The van der Waals surface area contributed by atoms with Crippen molar-refractivity contribution in [3.8, 4) is 0 Å². The molecule has 2 unspecified atom stereocenters. The Labute approximate surface area is 79.3 Å². The van der Waals surface area contributed by atoms with E-state index in [-0.39, 0.29) is 11.8 Å². The molecule has 76 valence electrons. The molecule has 0 aromatic heterocycles. The van der Waals surface area contributed by atoms with Crippen LogP contribution in [-0.2, 0) is 4.79 Å². The maximum atomic E-state index is 11.2. The standard InChI is InChI=1S/C9H19N3O/c1-3-9(11,8(10)13)7-4-5-12(2)6-7/h7H,3-6,11H2,1-2H3,(H2,10,13). The SMILES string of the molecule is CCC(N)(C(N)=O)C1CCN(C)C1. The number of hydrogen-bond acceptors (Lipinski definition) is 3. The van der Waals surface area contributed by atoms with Gasteiger partial charge in [0, 0.05) is 6.54 Å². The second kappa shape index (κ2) is 3.64. The Morgan fingerprint density at radius 3 is 2.62 bits per heavy atom. The number of nitrogens with two attached hydrogens (primary N) is 2. The first-order valence-corrected chi connectivity index (χ1v) is 4.78. The molecule has 0 bridgehead atoms. The van der Waals surface area contributed by atoms with E-state index < -0.39 is 5.54 Å². The number of likely N-dealkylation sites (tertiary alicyclic amines) is 1. The van der Waals surface area contributed by atoms with Crippen LogP contribution in [0, 0.1) is 5.92 Å². The minimum absolute atomic E-state index is 0.222. The third-order valence-electron chi connectivity index (χ3n) is 3.16. The fourth-order valence-corrected chi connectivity index (χ4v) is 2.02. The van der Waals surface area contributed by atoms with Crippen molar-refractivity contribution in [1.29, 1.82) is 0 Å². The van der Waals surface area contributed by atoms with Crippen LogP contribution in [0.15, 0.2) is 0 Å². The number of carbonyl (C=O) groups is 1. The van der Waals surface area contributed by atoms with Gasteiger partial charge in [-0.15, -0.1) is 0 Å². The average molecular weight is 185 g/mol. The van der Waals surface area contributed by atoms with Gasteiger partial charge in [-0.25, -0.2) is 0 Å². The Bertz CT molecular complexity index is 207. The zero-order valence-electron chi connectivity index (χ0n) is 8.42. The van der Waals surface area contributed by atoms with Gasteiger partial charge in [-0.2, -0.15) is 0 Å². The van der Waals surface area contributed by atoms with Gasteiger partial charge in [0.1, 0.15) is 0 Å². The Hall–Kier alpha value is -0.610. The van der Waals surface area contributed by atoms with Gasteiger partial charge in [0.2, 0.25) is 5.91 Å². The van der Waals surface area contributed by atoms with Crippen LogP contribution in [0.4, 0.5) is 0 Å². The summed E-state index contributed by atoms with van der Waals surface area (Å²) < 4.78 is 0. The quantitative estimate of drug-likeness (QED) is 0.624. The lowest BCUT2D eigenvalue weighted by Crippen LogP contribution is -2.57. The fraction of sp³-hybridized carbons (Fsp3) is 0.889. The lowest BCUT2D eigenvalue weighted by molar-refractivity contribution is -0.125. The predicted octanol–water partition coefficient (Wildman–Crippen LogP) is -0.469. The maximum Gasteiger partial charge on any atom is 0.237 e. The second-order valence-corrected chi connectivity index (χ2v) is 4.01. The molecule has 0 saturated carbocycles. The summed E-state index contributed by atoms with van der Waals surface area (Å²) in [6.07, 6.45) is 1.60. The van der Waals surface area contributed by atoms with Crippen molar-refractivity contribution in [2.45, 2.75) is 25.3 Å². The molecule has 4 N–H and O–H groups in total. The summed E-state index contributed by atoms with van der Waals surface area (Å²) in [7, 11) is 2.04. The van der Waals surface area contributed by atoms with Crippen molar-refractivity contribution in [3.63, 3.8) is 0 Å². The van der Waals surface area contributed by atoms with Gasteiger partial charge < -0.3 is 16.4 Å². The number of rotatable bonds is 3. The van der Waals surface area contributed by atoms with Crippen LogP contribution in [0.5, 0.6) is 0 Å². The predicted molar refractivity (Wildman–Crippen MR) is 52.0 cm³/mol. The van der Waals surface area contributed by atoms with Gasteiger partial charge in [-0.3, -0.25) is 4.79 Å². The van der Waals surface area contributed by atoms with Crippen LogP contribution in [-0.4, -0.2) is 36.5 Å². The first-order valence-electron chi connectivity index (χ1n) is 4.78. The normalized spacial score (nSPS) is 28.7. The molecule has 0 aliphatic carbocycles. The molecule has 0 spiro atoms. The first-order chi connectivity index (χ1) is 6.00. The molecule has 4 nitrogen and oxygen atoms in total. The number of hydrogen-bond donors (Lipinski definition) is 2. The molecule has 1 aliphatic rings. The van der Waals surface area contributed by atoms with Gasteiger partial charge in [-0.1, -0.05) is 6.92 Å². The third-order valence-corrected chi connectivity index (χ3v) is 3.16. The Balaban J connectivity index is 2.72. The van der Waals surface area contributed by atoms with Crippen molar-refractivity contribution in [3.05, 3.63) is 0 Å². The molecule has 1 aliphatic heterocycles. The van der Waals surface area contributed by atoms with Crippen molar-refractivity contribution in [2.75, 3.05) is 20.1 Å². The summed E-state index contributed by atoms with van der Waals surface area (Å²) in [6, 6.07) is 0. The van der Waals surface area contributed by atoms with Gasteiger partial charge >= 0.3 is 0 Å². The highest BCUT2D eigenvalue weighted by Crippen LogP contribution is 2.27. The number of primary amides is 1. The molecule has 2 atom stereocenters. The molecule has 1 amide bonds. The second-order valence-electron chi connectivity index (χ2n) is 4.01. The summed E-state index contributed by atoms with van der Waals surface area (Å²) in [5, 5.41) is 0. The lowest BCUT2D eigenvalue weighted by Gasteiger charge is -2.30. The number of nitrogens with zero attached hydrogens (tertiary/aromatic N) is 1. The topological polar surface area (TPSA) is 72.3 Å². The van der Waals surface area contributed by atoms with Crippen LogP contribution in [0.25, 0.3) is 0 Å². The van der Waals surface area contributed by atoms with E-state index in [0.29, 0.717) is 6.42 Å². The summed E-state index contributed by atoms with van der Waals surface area (Å²) >= 11 is 0. The van der Waals surface area contributed by atoms with Crippen LogP contribution in [0.3, 0.4) is 0 Å². The van der Waals surface area contributed by atoms with Gasteiger partial charge in [0.25, 0.3) is 0 Å². The highest BCUT2D eigenvalue weighted by Gasteiger charge is 2.41. The van der Waals surface area contributed by atoms with E-state index in [9.17, 15) is 4.79 Å². The Morgan fingerprint density at radius 2 is 2.31 bits per heavy atom. The van der Waals surface area contributed by atoms with Gasteiger partial charge in [-0.05, 0) is 32.4 Å². The molecule has 0 aromatic rings. The molecule has 13 heavy (non-hydrogen) atoms. The Kier molecular flexibility index (Phi) is 2.93. The molecule has 1 saturated heterocycles. The van der Waals surface area contributed by atoms with E-state index in [4.69, 9.17) is 11.5 Å². The van der Waals surface area contributed by atoms with Crippen molar-refractivity contribution in [1.82, 2.24) is 4.90 Å². The van der Waals surface area contributed by atoms with E-state index in [1.165, 1.54) is 0 Å². The van der Waals surface area contributed by atoms with Crippen LogP contribution >= 0.6 is 0 Å². The van der Waals surface area contributed by atoms with E-state index >= 15 is 0 Å². The van der Waals surface area contributed by atoms with Crippen LogP contribution < -0.4 is 11.5 Å². The lowest BCUT2D eigenvalue weighted by atomic mass is 9.81. The largest absolute Gasteiger partial charge is 0.368 e. The summed E-state index contributed by atoms with van der Waals surface area (Å²) in [5.41, 5.74) is 10.5. The molecule has 0 radical (unpaired) electrons. The third kappa shape index (κ3) is 1.84. The molecule has 1 rings (SSSR count). The van der Waals surface area contributed by atoms with Crippen molar-refractivity contribution < 1.29 is 4.79 Å². The molecular weight excluding hydrogens is 166 g/mol. The smallest absolute Gasteiger partial charge is 0.237 e. The van der Waals surface area contributed by atoms with Gasteiger partial charge in [0.15, 0.2) is 0 Å². The van der Waals surface area contributed by atoms with Crippen molar-refractivity contribution >= 4 is 5.91 Å². The Morgan fingerprint density at radius 1 is 1.69 bits per heavy atom. The number of amides is 1. The minimum Gasteiger partial charge on any atom is -0.368 e. The molecule has 0 aromatic carbocycles. The monoisotopic (exact) mass is 185 g/mol. The van der Waals surface area contributed by atoms with E-state index in [1.54, 1.807) is 0 Å². The average Bonchev–Trinajstić information content (AvgIpc) is 2.50. The van der Waals surface area contributed by atoms with Crippen LogP contribution in [0.2, 0.25) is 0 Å². The fourth-order valence-electron chi connectivity index (χ4n) is 2.02. The summed E-state index contributed by atoms with van der Waals surface area (Å²) in [4.78, 5) is 13.4. The van der Waals surface area contributed by atoms with Crippen LogP contribution in [0.1, 0.15) is 19.8 Å². The molecular formula is C9H19N3O. The zero-order chi connectivity index (χ0) is 10.1. The minimum atomic E-state index is -0.801. The van der Waals surface area contributed by atoms with Gasteiger partial charge in [0.05, 0.1) is 5.54 Å². The highest BCUT2D eigenvalue weighted by atomic mass is 16.1. The van der Waals surface area contributed by atoms with E-state index in [2.05, 4.69) is 4.90 Å². The number of carbonyl (C=O) groups excluding carboxylic acids is 1. The maximum absolute atomic E-state index is 11.2. The first kappa shape index (κ1) is 10.5. The van der Waals surface area contributed by atoms with Crippen molar-refractivity contribution in [2.24, 2.45) is 17.4 Å². The highest BCUT2D eigenvalue weighted by molar-refractivity contribution is 5.84. The van der Waals surface area contributed by atoms with E-state index in [0.717, 1.165) is 19.5 Å². The van der Waals surface area contributed by atoms with E-state index in [1.807, 2.05) is 14.0 Å². The summed E-state index contributed by atoms with van der Waals surface area (Å²) in [5.74, 6) is -0.143. The molecule has 1 fully saturated rings. The molecule has 4 heteroatoms. The zero-order valence-corrected chi connectivity index (χ0v) is 8.42. The molecule has 1 heterocycles. The summed E-state index contributed by atoms with van der Waals surface area (Å²) in [6.45, 7) is 3.81.